The summed E-state index contributed by atoms with van der Waals surface area (Å²) in [6, 6.07) is 39.0. The topological polar surface area (TPSA) is 19.6 Å². The zero-order valence-corrected chi connectivity index (χ0v) is 43.9. The van der Waals surface area contributed by atoms with E-state index in [0.717, 1.165) is 21.9 Å². The number of hydrogen-bond acceptors (Lipinski definition) is 3. The van der Waals surface area contributed by atoms with Crippen molar-refractivity contribution in [3.63, 3.8) is 0 Å². The molecule has 0 bridgehead atoms. The van der Waals surface area contributed by atoms with Crippen molar-refractivity contribution in [3.05, 3.63) is 136 Å². The van der Waals surface area contributed by atoms with Gasteiger partial charge in [-0.05, 0) is 192 Å². The normalized spacial score (nSPS) is 20.8. The molecule has 2 aliphatic heterocycles. The van der Waals surface area contributed by atoms with Gasteiger partial charge in [0.2, 0.25) is 0 Å². The average Bonchev–Trinajstić information content (AvgIpc) is 3.65. The summed E-state index contributed by atoms with van der Waals surface area (Å²) in [5, 5.41) is 2.32. The van der Waals surface area contributed by atoms with Crippen LogP contribution in [0.2, 0.25) is 0 Å². The van der Waals surface area contributed by atoms with Gasteiger partial charge in [0.05, 0.1) is 0 Å². The smallest absolute Gasteiger partial charge is 0.252 e. The maximum Gasteiger partial charge on any atom is 0.252 e. The number of rotatable bonds is 2. The number of fused-ring (bicyclic) bond motifs is 10. The van der Waals surface area contributed by atoms with E-state index in [1.807, 2.05) is 0 Å². The van der Waals surface area contributed by atoms with Crippen LogP contribution in [0.4, 0.5) is 34.1 Å². The SMILES string of the molecule is CC(C)(C)c1cc2c3c(c1)N(c1ccc4oc5ccccc5c4c1)c1cc4c(cc1B3c1cc3c(cc1N2c1ccc2c(c1)C(C)(C)CCC2(C)C)C(C)(C)CCC3(C)C)C(C)(C)CCC4(C)C. The van der Waals surface area contributed by atoms with E-state index in [9.17, 15) is 0 Å². The van der Waals surface area contributed by atoms with Crippen molar-refractivity contribution >= 4 is 79.2 Å². The van der Waals surface area contributed by atoms with Crippen molar-refractivity contribution in [1.29, 1.82) is 0 Å². The minimum Gasteiger partial charge on any atom is -0.456 e. The number of hydrogen-bond donors (Lipinski definition) is 0. The number of anilines is 6. The van der Waals surface area contributed by atoms with Crippen LogP contribution in [0.15, 0.2) is 101 Å². The first-order valence-electron chi connectivity index (χ1n) is 26.0. The molecular formula is C64H73BN2O. The van der Waals surface area contributed by atoms with Gasteiger partial charge in [-0.15, -0.1) is 0 Å². The van der Waals surface area contributed by atoms with E-state index in [-0.39, 0.29) is 44.6 Å². The molecule has 3 nitrogen and oxygen atoms in total. The third kappa shape index (κ3) is 6.23. The van der Waals surface area contributed by atoms with E-state index in [0.29, 0.717) is 0 Å². The van der Waals surface area contributed by atoms with Gasteiger partial charge in [0.15, 0.2) is 0 Å². The highest BCUT2D eigenvalue weighted by Crippen LogP contribution is 2.55. The van der Waals surface area contributed by atoms with E-state index in [2.05, 4.69) is 211 Å². The molecule has 0 saturated carbocycles. The molecule has 0 radical (unpaired) electrons. The van der Waals surface area contributed by atoms with Gasteiger partial charge >= 0.3 is 0 Å². The molecule has 348 valence electrons. The first-order valence-corrected chi connectivity index (χ1v) is 26.0. The Balaban J connectivity index is 1.24. The lowest BCUT2D eigenvalue weighted by molar-refractivity contribution is 0.332. The second-order valence-electron chi connectivity index (χ2n) is 27.0. The lowest BCUT2D eigenvalue weighted by Crippen LogP contribution is -2.62. The van der Waals surface area contributed by atoms with Gasteiger partial charge in [0.1, 0.15) is 11.2 Å². The fraction of sp³-hybridized carbons (Fsp3) is 0.438. The largest absolute Gasteiger partial charge is 0.456 e. The van der Waals surface area contributed by atoms with E-state index in [4.69, 9.17) is 4.42 Å². The Morgan fingerprint density at radius 3 is 1.32 bits per heavy atom. The fourth-order valence-electron chi connectivity index (χ4n) is 13.7. The lowest BCUT2D eigenvalue weighted by atomic mass is 9.32. The molecule has 6 aromatic carbocycles. The summed E-state index contributed by atoms with van der Waals surface area (Å²) in [5.74, 6) is 0. The summed E-state index contributed by atoms with van der Waals surface area (Å²) in [5.41, 5.74) is 24.5. The maximum atomic E-state index is 6.51. The maximum absolute atomic E-state index is 6.51. The molecule has 1 aromatic heterocycles. The van der Waals surface area contributed by atoms with E-state index < -0.39 is 0 Å². The quantitative estimate of drug-likeness (QED) is 0.161. The van der Waals surface area contributed by atoms with Crippen molar-refractivity contribution in [2.75, 3.05) is 9.80 Å². The summed E-state index contributed by atoms with van der Waals surface area (Å²) in [6.07, 6.45) is 7.08. The molecule has 4 heteroatoms. The standard InChI is InChI=1S/C64H73BN2O/c1-58(2,3)38-30-53-57-54(31-38)67(40-20-22-43-44(33-40)60(6,7)25-24-59(43,4)5)52-37-48-46(62(10,11)27-29-64(48,14)15)35-50(52)65(57)49-34-45-47(63(12,13)28-26-61(45,8)9)36-51(49)66(53)39-21-23-56-42(32-39)41-18-16-17-19-55(41)68-56/h16-23,30-37H,24-29H2,1-15H3. The molecule has 0 spiro atoms. The van der Waals surface area contributed by atoms with Gasteiger partial charge < -0.3 is 14.2 Å². The van der Waals surface area contributed by atoms with Gasteiger partial charge in [-0.1, -0.05) is 140 Å². The second-order valence-corrected chi connectivity index (χ2v) is 27.0. The molecule has 0 N–H and O–H groups in total. The molecule has 3 heterocycles. The van der Waals surface area contributed by atoms with Gasteiger partial charge in [-0.3, -0.25) is 0 Å². The van der Waals surface area contributed by atoms with E-state index in [1.165, 1.54) is 128 Å². The number of benzene rings is 6. The zero-order valence-electron chi connectivity index (χ0n) is 43.9. The van der Waals surface area contributed by atoms with Crippen LogP contribution < -0.4 is 26.2 Å². The lowest BCUT2D eigenvalue weighted by Gasteiger charge is -2.49. The Kier molecular flexibility index (Phi) is 8.91. The van der Waals surface area contributed by atoms with Crippen LogP contribution >= 0.6 is 0 Å². The van der Waals surface area contributed by atoms with Crippen LogP contribution in [0.25, 0.3) is 21.9 Å². The van der Waals surface area contributed by atoms with Gasteiger partial charge in [0, 0.05) is 44.9 Å². The Hall–Kier alpha value is -5.22. The molecule has 0 unspecified atom stereocenters. The first-order chi connectivity index (χ1) is 31.8. The highest BCUT2D eigenvalue weighted by molar-refractivity contribution is 7.00. The summed E-state index contributed by atoms with van der Waals surface area (Å²) < 4.78 is 6.51. The van der Waals surface area contributed by atoms with E-state index in [1.54, 1.807) is 0 Å². The Morgan fingerprint density at radius 1 is 0.412 bits per heavy atom. The van der Waals surface area contributed by atoms with Crippen LogP contribution in [0, 0.1) is 0 Å². The van der Waals surface area contributed by atoms with Gasteiger partial charge in [-0.25, -0.2) is 0 Å². The molecule has 0 saturated heterocycles. The van der Waals surface area contributed by atoms with Crippen molar-refractivity contribution < 1.29 is 4.42 Å². The van der Waals surface area contributed by atoms with Gasteiger partial charge in [-0.2, -0.15) is 0 Å². The first kappa shape index (κ1) is 44.0. The third-order valence-corrected chi connectivity index (χ3v) is 18.6. The minimum absolute atomic E-state index is 0.0373. The highest BCUT2D eigenvalue weighted by Gasteiger charge is 2.49. The van der Waals surface area contributed by atoms with Crippen LogP contribution in [0.5, 0.6) is 0 Å². The van der Waals surface area contributed by atoms with Crippen LogP contribution in [-0.2, 0) is 37.9 Å². The Morgan fingerprint density at radius 2 is 0.824 bits per heavy atom. The molecular weight excluding hydrogens is 824 g/mol. The second kappa shape index (κ2) is 13.8. The number of para-hydroxylation sites is 1. The van der Waals surface area contributed by atoms with E-state index >= 15 is 0 Å². The van der Waals surface area contributed by atoms with Crippen molar-refractivity contribution in [1.82, 2.24) is 0 Å². The average molecular weight is 897 g/mol. The third-order valence-electron chi connectivity index (χ3n) is 18.6. The Labute approximate surface area is 407 Å². The predicted octanol–water partition coefficient (Wildman–Crippen LogP) is 16.0. The molecule has 68 heavy (non-hydrogen) atoms. The van der Waals surface area contributed by atoms with Crippen LogP contribution in [-0.4, -0.2) is 6.71 Å². The summed E-state index contributed by atoms with van der Waals surface area (Å²) in [6.45, 7) is 37.1. The summed E-state index contributed by atoms with van der Waals surface area (Å²) in [4.78, 5) is 5.41. The molecule has 0 amide bonds. The predicted molar refractivity (Wildman–Crippen MR) is 292 cm³/mol. The zero-order chi connectivity index (χ0) is 48.0. The van der Waals surface area contributed by atoms with Crippen molar-refractivity contribution in [3.8, 4) is 0 Å². The fourth-order valence-corrected chi connectivity index (χ4v) is 13.7. The van der Waals surface area contributed by atoms with Crippen molar-refractivity contribution in [2.45, 2.75) is 180 Å². The van der Waals surface area contributed by atoms with Crippen molar-refractivity contribution in [2.24, 2.45) is 0 Å². The monoisotopic (exact) mass is 897 g/mol. The van der Waals surface area contributed by atoms with Crippen LogP contribution in [0.3, 0.4) is 0 Å². The number of nitrogens with zero attached hydrogens (tertiary/aromatic N) is 2. The molecule has 12 rings (SSSR count). The molecule has 0 fully saturated rings. The molecule has 3 aliphatic carbocycles. The minimum atomic E-state index is -0.116. The van der Waals surface area contributed by atoms with Gasteiger partial charge in [0.25, 0.3) is 6.71 Å². The van der Waals surface area contributed by atoms with Crippen LogP contribution in [0.1, 0.15) is 181 Å². The Bertz CT molecular complexity index is 3310. The number of furan rings is 1. The summed E-state index contributed by atoms with van der Waals surface area (Å²) >= 11 is 0. The highest BCUT2D eigenvalue weighted by atomic mass is 16.3. The molecule has 0 atom stereocenters. The molecule has 5 aliphatic rings. The molecule has 7 aromatic rings. The summed E-state index contributed by atoms with van der Waals surface area (Å²) in [7, 11) is 0.